The van der Waals surface area contributed by atoms with Gasteiger partial charge in [-0.05, 0) is 24.6 Å². The van der Waals surface area contributed by atoms with Gasteiger partial charge in [0.1, 0.15) is 0 Å². The molecule has 1 saturated heterocycles. The minimum atomic E-state index is -0.400. The Bertz CT molecular complexity index is 501. The third-order valence-corrected chi connectivity index (χ3v) is 3.37. The molecule has 1 fully saturated rings. The second-order valence-electron chi connectivity index (χ2n) is 4.25. The molecule has 18 heavy (non-hydrogen) atoms. The second-order valence-corrected chi connectivity index (χ2v) is 4.86. The first kappa shape index (κ1) is 12.9. The molecule has 2 rings (SSSR count). The van der Waals surface area contributed by atoms with Crippen LogP contribution in [0.4, 0.5) is 5.69 Å². The summed E-state index contributed by atoms with van der Waals surface area (Å²) < 4.78 is 4.71. The number of halogens is 1. The molecule has 0 bridgehead atoms. The van der Waals surface area contributed by atoms with Crippen LogP contribution in [-0.4, -0.2) is 30.9 Å². The van der Waals surface area contributed by atoms with Crippen molar-refractivity contribution in [3.05, 3.63) is 29.3 Å². The summed E-state index contributed by atoms with van der Waals surface area (Å²) in [6.45, 7) is 2.28. The average molecular weight is 268 g/mol. The Labute approximate surface area is 110 Å². The largest absolute Gasteiger partial charge is 0.465 e. The highest BCUT2D eigenvalue weighted by Crippen LogP contribution is 2.29. The van der Waals surface area contributed by atoms with Crippen LogP contribution >= 0.6 is 11.6 Å². The Balaban J connectivity index is 2.40. The molecule has 1 aromatic carbocycles. The van der Waals surface area contributed by atoms with Gasteiger partial charge in [0.15, 0.2) is 0 Å². The molecule has 0 saturated carbocycles. The van der Waals surface area contributed by atoms with Crippen molar-refractivity contribution in [2.75, 3.05) is 18.6 Å². The zero-order valence-corrected chi connectivity index (χ0v) is 11.0. The Morgan fingerprint density at radius 1 is 1.50 bits per heavy atom. The van der Waals surface area contributed by atoms with E-state index in [4.69, 9.17) is 16.3 Å². The summed E-state index contributed by atoms with van der Waals surface area (Å²) in [4.78, 5) is 25.0. The van der Waals surface area contributed by atoms with Crippen molar-refractivity contribution in [1.82, 2.24) is 0 Å². The van der Waals surface area contributed by atoms with E-state index < -0.39 is 5.97 Å². The fourth-order valence-electron chi connectivity index (χ4n) is 2.14. The van der Waals surface area contributed by atoms with Crippen molar-refractivity contribution in [3.63, 3.8) is 0 Å². The number of amides is 1. The number of benzene rings is 1. The van der Waals surface area contributed by atoms with Crippen molar-refractivity contribution in [3.8, 4) is 0 Å². The van der Waals surface area contributed by atoms with Gasteiger partial charge < -0.3 is 9.64 Å². The maximum absolute atomic E-state index is 11.8. The molecule has 0 spiro atoms. The zero-order chi connectivity index (χ0) is 13.3. The Morgan fingerprint density at radius 3 is 2.78 bits per heavy atom. The summed E-state index contributed by atoms with van der Waals surface area (Å²) in [5.41, 5.74) is 1.94. The van der Waals surface area contributed by atoms with Gasteiger partial charge in [-0.3, -0.25) is 4.79 Å². The summed E-state index contributed by atoms with van der Waals surface area (Å²) in [6.07, 6.45) is 0.337. The summed E-state index contributed by atoms with van der Waals surface area (Å²) in [5, 5.41) is -0.168. The van der Waals surface area contributed by atoms with Crippen LogP contribution in [0.25, 0.3) is 0 Å². The second kappa shape index (κ2) is 4.98. The van der Waals surface area contributed by atoms with E-state index in [0.29, 0.717) is 18.5 Å². The number of nitrogens with zero attached hydrogens (tertiary/aromatic N) is 1. The molecular formula is C13H14ClNO3. The van der Waals surface area contributed by atoms with Crippen LogP contribution in [0, 0.1) is 6.92 Å². The molecule has 4 nitrogen and oxygen atoms in total. The fourth-order valence-corrected chi connectivity index (χ4v) is 2.41. The molecule has 1 atom stereocenters. The third-order valence-electron chi connectivity index (χ3n) is 3.08. The van der Waals surface area contributed by atoms with Crippen LogP contribution in [-0.2, 0) is 9.53 Å². The standard InChI is InChI=1S/C13H14ClNO3/c1-8-10(13(17)18-2)4-3-5-11(8)15-7-9(14)6-12(15)16/h3-5,9H,6-7H2,1-2H3. The van der Waals surface area contributed by atoms with Gasteiger partial charge in [0.2, 0.25) is 5.91 Å². The molecule has 0 aliphatic carbocycles. The van der Waals surface area contributed by atoms with Crippen molar-refractivity contribution in [2.45, 2.75) is 18.7 Å². The minimum Gasteiger partial charge on any atom is -0.465 e. The first-order valence-electron chi connectivity index (χ1n) is 5.67. The van der Waals surface area contributed by atoms with Gasteiger partial charge in [-0.1, -0.05) is 6.07 Å². The molecule has 1 heterocycles. The number of rotatable bonds is 2. The van der Waals surface area contributed by atoms with Crippen LogP contribution < -0.4 is 4.90 Å². The van der Waals surface area contributed by atoms with Gasteiger partial charge in [0.25, 0.3) is 0 Å². The van der Waals surface area contributed by atoms with Crippen molar-refractivity contribution >= 4 is 29.2 Å². The quantitative estimate of drug-likeness (QED) is 0.609. The first-order chi connectivity index (χ1) is 8.54. The number of carbonyl (C=O) groups is 2. The van der Waals surface area contributed by atoms with Gasteiger partial charge in [0.05, 0.1) is 18.1 Å². The topological polar surface area (TPSA) is 46.6 Å². The number of ether oxygens (including phenoxy) is 1. The number of methoxy groups -OCH3 is 1. The molecule has 5 heteroatoms. The number of carbonyl (C=O) groups excluding carboxylic acids is 2. The normalized spacial score (nSPS) is 19.2. The van der Waals surface area contributed by atoms with Gasteiger partial charge in [-0.25, -0.2) is 4.79 Å². The van der Waals surface area contributed by atoms with Gasteiger partial charge in [-0.2, -0.15) is 0 Å². The van der Waals surface area contributed by atoms with Crippen molar-refractivity contribution < 1.29 is 14.3 Å². The number of hydrogen-bond acceptors (Lipinski definition) is 3. The summed E-state index contributed by atoms with van der Waals surface area (Å²) >= 11 is 5.98. The van der Waals surface area contributed by atoms with E-state index in [1.54, 1.807) is 24.0 Å². The van der Waals surface area contributed by atoms with E-state index in [0.717, 1.165) is 11.3 Å². The molecule has 1 amide bonds. The highest BCUT2D eigenvalue weighted by molar-refractivity contribution is 6.24. The van der Waals surface area contributed by atoms with E-state index in [2.05, 4.69) is 0 Å². The molecular weight excluding hydrogens is 254 g/mol. The Hall–Kier alpha value is -1.55. The number of esters is 1. The van der Waals surface area contributed by atoms with E-state index in [-0.39, 0.29) is 11.3 Å². The maximum Gasteiger partial charge on any atom is 0.338 e. The zero-order valence-electron chi connectivity index (χ0n) is 10.3. The molecule has 0 N–H and O–H groups in total. The Kier molecular flexibility index (Phi) is 3.57. The first-order valence-corrected chi connectivity index (χ1v) is 6.10. The summed E-state index contributed by atoms with van der Waals surface area (Å²) in [5.74, 6) is -0.413. The summed E-state index contributed by atoms with van der Waals surface area (Å²) in [7, 11) is 1.34. The monoisotopic (exact) mass is 267 g/mol. The predicted molar refractivity (Wildman–Crippen MR) is 69.1 cm³/mol. The Morgan fingerprint density at radius 2 is 2.22 bits per heavy atom. The van der Waals surface area contributed by atoms with E-state index in [1.807, 2.05) is 6.07 Å². The van der Waals surface area contributed by atoms with Crippen LogP contribution in [0.2, 0.25) is 0 Å². The van der Waals surface area contributed by atoms with Crippen LogP contribution in [0.15, 0.2) is 18.2 Å². The number of anilines is 1. The molecule has 1 aliphatic rings. The van der Waals surface area contributed by atoms with E-state index in [1.165, 1.54) is 7.11 Å². The van der Waals surface area contributed by atoms with Crippen LogP contribution in [0.3, 0.4) is 0 Å². The lowest BCUT2D eigenvalue weighted by Gasteiger charge is -2.19. The lowest BCUT2D eigenvalue weighted by atomic mass is 10.1. The lowest BCUT2D eigenvalue weighted by Crippen LogP contribution is -2.26. The third kappa shape index (κ3) is 2.20. The maximum atomic E-state index is 11.8. The highest BCUT2D eigenvalue weighted by Gasteiger charge is 2.30. The van der Waals surface area contributed by atoms with E-state index in [9.17, 15) is 9.59 Å². The lowest BCUT2D eigenvalue weighted by molar-refractivity contribution is -0.117. The molecule has 96 valence electrons. The molecule has 0 aromatic heterocycles. The average Bonchev–Trinajstić information content (AvgIpc) is 2.68. The van der Waals surface area contributed by atoms with E-state index >= 15 is 0 Å². The molecule has 1 aliphatic heterocycles. The number of hydrogen-bond donors (Lipinski definition) is 0. The van der Waals surface area contributed by atoms with Gasteiger partial charge in [0, 0.05) is 18.7 Å². The smallest absolute Gasteiger partial charge is 0.338 e. The molecule has 1 unspecified atom stereocenters. The number of alkyl halides is 1. The van der Waals surface area contributed by atoms with Crippen LogP contribution in [0.1, 0.15) is 22.3 Å². The summed E-state index contributed by atoms with van der Waals surface area (Å²) in [6, 6.07) is 5.24. The highest BCUT2D eigenvalue weighted by atomic mass is 35.5. The van der Waals surface area contributed by atoms with Gasteiger partial charge >= 0.3 is 5.97 Å². The fraction of sp³-hybridized carbons (Fsp3) is 0.385. The van der Waals surface area contributed by atoms with Crippen molar-refractivity contribution in [1.29, 1.82) is 0 Å². The minimum absolute atomic E-state index is 0.0138. The van der Waals surface area contributed by atoms with Crippen molar-refractivity contribution in [2.24, 2.45) is 0 Å². The SMILES string of the molecule is COC(=O)c1cccc(N2CC(Cl)CC2=O)c1C. The molecule has 0 radical (unpaired) electrons. The molecule has 1 aromatic rings. The predicted octanol–water partition coefficient (Wildman–Crippen LogP) is 2.13. The van der Waals surface area contributed by atoms with Gasteiger partial charge in [-0.15, -0.1) is 11.6 Å². The van der Waals surface area contributed by atoms with Crippen LogP contribution in [0.5, 0.6) is 0 Å².